The van der Waals surface area contributed by atoms with Gasteiger partial charge in [-0.15, -0.1) is 0 Å². The Morgan fingerprint density at radius 3 is 0.578 bits per heavy atom. The zero-order valence-electron chi connectivity index (χ0n) is 42.3. The first kappa shape index (κ1) is 63.9. The average Bonchev–Trinajstić information content (AvgIpc) is 3.28. The SMILES string of the molecule is CCCCCCCCCCCCCCCCC(S)C(=O)OP(OC(=O)C(S)CCCCCCCCCCCCCCCC)OC(=O)C(S)CCCCCCCCCCCCCCCC. The van der Waals surface area contributed by atoms with E-state index in [0.29, 0.717) is 19.3 Å². The van der Waals surface area contributed by atoms with E-state index in [1.165, 1.54) is 212 Å². The van der Waals surface area contributed by atoms with Gasteiger partial charge in [0.15, 0.2) is 0 Å². The minimum absolute atomic E-state index is 0.549. The molecule has 0 saturated carbocycles. The molecule has 0 spiro atoms. The van der Waals surface area contributed by atoms with Gasteiger partial charge in [0.05, 0.1) is 15.7 Å². The fourth-order valence-electron chi connectivity index (χ4n) is 8.41. The van der Waals surface area contributed by atoms with Crippen molar-refractivity contribution in [3.8, 4) is 0 Å². The molecule has 0 saturated heterocycles. The molecule has 0 aromatic carbocycles. The monoisotopic (exact) mass is 977 g/mol. The van der Waals surface area contributed by atoms with Gasteiger partial charge in [-0.05, 0) is 19.3 Å². The molecule has 0 radical (unpaired) electrons. The van der Waals surface area contributed by atoms with Crippen molar-refractivity contribution in [1.82, 2.24) is 0 Å². The van der Waals surface area contributed by atoms with Crippen molar-refractivity contribution in [2.45, 2.75) is 325 Å². The largest absolute Gasteiger partial charge is 0.537 e. The average molecular weight is 978 g/mol. The van der Waals surface area contributed by atoms with E-state index in [0.717, 1.165) is 57.8 Å². The maximum Gasteiger partial charge on any atom is 0.537 e. The Morgan fingerprint density at radius 1 is 0.281 bits per heavy atom. The summed E-state index contributed by atoms with van der Waals surface area (Å²) in [4.78, 5) is 39.5. The maximum atomic E-state index is 13.2. The summed E-state index contributed by atoms with van der Waals surface area (Å²) in [5.74, 6) is -1.89. The van der Waals surface area contributed by atoms with Crippen LogP contribution in [0.25, 0.3) is 0 Å². The topological polar surface area (TPSA) is 78.9 Å². The van der Waals surface area contributed by atoms with E-state index >= 15 is 0 Å². The molecule has 0 rings (SSSR count). The van der Waals surface area contributed by atoms with Gasteiger partial charge < -0.3 is 13.6 Å². The predicted octanol–water partition coefficient (Wildman–Crippen LogP) is 19.4. The third-order valence-electron chi connectivity index (χ3n) is 12.8. The Hall–Kier alpha value is -0.110. The highest BCUT2D eigenvalue weighted by molar-refractivity contribution is 7.82. The lowest BCUT2D eigenvalue weighted by Gasteiger charge is -2.20. The normalized spacial score (nSPS) is 13.4. The Balaban J connectivity index is 4.66. The molecule has 0 bridgehead atoms. The van der Waals surface area contributed by atoms with Crippen LogP contribution < -0.4 is 0 Å². The van der Waals surface area contributed by atoms with Crippen LogP contribution in [0.3, 0.4) is 0 Å². The van der Waals surface area contributed by atoms with Crippen LogP contribution >= 0.6 is 46.5 Å². The molecule has 0 aliphatic heterocycles. The van der Waals surface area contributed by atoms with Crippen molar-refractivity contribution in [3.63, 3.8) is 0 Å². The summed E-state index contributed by atoms with van der Waals surface area (Å²) in [5.41, 5.74) is 0. The first-order chi connectivity index (χ1) is 31.3. The lowest BCUT2D eigenvalue weighted by molar-refractivity contribution is -0.142. The molecule has 0 aliphatic rings. The molecule has 0 amide bonds. The van der Waals surface area contributed by atoms with Gasteiger partial charge >= 0.3 is 26.5 Å². The highest BCUT2D eigenvalue weighted by Crippen LogP contribution is 2.43. The highest BCUT2D eigenvalue weighted by Gasteiger charge is 2.33. The van der Waals surface area contributed by atoms with Crippen molar-refractivity contribution in [3.05, 3.63) is 0 Å². The summed E-state index contributed by atoms with van der Waals surface area (Å²) >= 11 is 13.6. The first-order valence-corrected chi connectivity index (χ1v) is 30.4. The van der Waals surface area contributed by atoms with E-state index in [1.807, 2.05) is 0 Å². The molecule has 3 atom stereocenters. The van der Waals surface area contributed by atoms with Gasteiger partial charge in [-0.2, -0.15) is 37.9 Å². The van der Waals surface area contributed by atoms with E-state index in [-0.39, 0.29) is 0 Å². The molecule has 64 heavy (non-hydrogen) atoms. The maximum absolute atomic E-state index is 13.2. The van der Waals surface area contributed by atoms with Crippen molar-refractivity contribution in [2.75, 3.05) is 0 Å². The standard InChI is InChI=1S/C54H105O6PS3/c1-4-7-10-13-16-19-22-25-28-31-34-37-40-43-46-49(62)52(55)58-61(59-53(56)50(63)47-44-41-38-35-32-29-26-23-20-17-14-11-8-5-2)60-54(57)51(64)48-45-42-39-36-33-30-27-24-21-18-15-12-9-6-3/h49-51,62-64H,4-48H2,1-3H3. The van der Waals surface area contributed by atoms with Crippen LogP contribution in [0, 0.1) is 0 Å². The summed E-state index contributed by atoms with van der Waals surface area (Å²) in [5, 5.41) is -2.07. The fraction of sp³-hybridized carbons (Fsp3) is 0.944. The fourth-order valence-corrected chi connectivity index (χ4v) is 10.3. The Kier molecular flexibility index (Phi) is 50.7. The van der Waals surface area contributed by atoms with E-state index in [1.54, 1.807) is 0 Å². The van der Waals surface area contributed by atoms with Crippen LogP contribution in [0.1, 0.15) is 310 Å². The zero-order chi connectivity index (χ0) is 47.0. The lowest BCUT2D eigenvalue weighted by Crippen LogP contribution is -2.23. The third-order valence-corrected chi connectivity index (χ3v) is 15.2. The molecule has 0 N–H and O–H groups in total. The summed E-state index contributed by atoms with van der Waals surface area (Å²) in [6.07, 6.45) is 54.7. The minimum Gasteiger partial charge on any atom is -0.374 e. The van der Waals surface area contributed by atoms with Crippen LogP contribution in [-0.2, 0) is 28.0 Å². The molecule has 0 heterocycles. The van der Waals surface area contributed by atoms with Crippen LogP contribution in [0.2, 0.25) is 0 Å². The Morgan fingerprint density at radius 2 is 0.422 bits per heavy atom. The molecule has 0 aromatic heterocycles. The summed E-state index contributed by atoms with van der Waals surface area (Å²) in [6.45, 7) is 6.80. The molecule has 380 valence electrons. The summed E-state index contributed by atoms with van der Waals surface area (Å²) < 4.78 is 16.7. The minimum atomic E-state index is -2.58. The Bertz CT molecular complexity index is 898. The van der Waals surface area contributed by atoms with Gasteiger partial charge in [-0.1, -0.05) is 290 Å². The third kappa shape index (κ3) is 44.4. The lowest BCUT2D eigenvalue weighted by atomic mass is 10.0. The molecule has 0 fully saturated rings. The molecule has 0 aromatic rings. The number of rotatable bonds is 51. The van der Waals surface area contributed by atoms with Gasteiger partial charge in [-0.25, -0.2) is 0 Å². The van der Waals surface area contributed by atoms with E-state index in [2.05, 4.69) is 58.7 Å². The van der Waals surface area contributed by atoms with Crippen LogP contribution in [-0.4, -0.2) is 33.7 Å². The Labute approximate surface area is 415 Å². The van der Waals surface area contributed by atoms with Crippen LogP contribution in [0.5, 0.6) is 0 Å². The smallest absolute Gasteiger partial charge is 0.374 e. The summed E-state index contributed by atoms with van der Waals surface area (Å²) in [6, 6.07) is 0. The number of unbranched alkanes of at least 4 members (excludes halogenated alkanes) is 39. The molecular formula is C54H105O6PS3. The van der Waals surface area contributed by atoms with Crippen molar-refractivity contribution in [2.24, 2.45) is 0 Å². The molecule has 6 nitrogen and oxygen atoms in total. The van der Waals surface area contributed by atoms with Gasteiger partial charge in [0.25, 0.3) is 0 Å². The van der Waals surface area contributed by atoms with Gasteiger partial charge in [-0.3, -0.25) is 14.4 Å². The number of thiol groups is 3. The predicted molar refractivity (Wildman–Crippen MR) is 288 cm³/mol. The molecular weight excluding hydrogens is 872 g/mol. The summed E-state index contributed by atoms with van der Waals surface area (Å²) in [7, 11) is -2.58. The van der Waals surface area contributed by atoms with E-state index in [9.17, 15) is 14.4 Å². The first-order valence-electron chi connectivity index (χ1n) is 27.8. The molecule has 10 heteroatoms. The quantitative estimate of drug-likeness (QED) is 0.0320. The molecule has 0 aliphatic carbocycles. The zero-order valence-corrected chi connectivity index (χ0v) is 45.9. The second kappa shape index (κ2) is 50.8. The van der Waals surface area contributed by atoms with E-state index in [4.69, 9.17) is 13.6 Å². The number of hydrogen-bond acceptors (Lipinski definition) is 9. The highest BCUT2D eigenvalue weighted by atomic mass is 32.1. The van der Waals surface area contributed by atoms with E-state index < -0.39 is 42.3 Å². The molecule has 3 unspecified atom stereocenters. The van der Waals surface area contributed by atoms with Gasteiger partial charge in [0.2, 0.25) is 0 Å². The van der Waals surface area contributed by atoms with Crippen molar-refractivity contribution < 1.29 is 28.0 Å². The van der Waals surface area contributed by atoms with Crippen molar-refractivity contribution in [1.29, 1.82) is 0 Å². The van der Waals surface area contributed by atoms with Crippen LogP contribution in [0.15, 0.2) is 0 Å². The second-order valence-electron chi connectivity index (χ2n) is 19.2. The van der Waals surface area contributed by atoms with Crippen LogP contribution in [0.4, 0.5) is 0 Å². The van der Waals surface area contributed by atoms with Gasteiger partial charge in [0.1, 0.15) is 0 Å². The van der Waals surface area contributed by atoms with Crippen molar-refractivity contribution >= 4 is 64.4 Å². The number of carbonyl (C=O) groups excluding carboxylic acids is 3. The number of hydrogen-bond donors (Lipinski definition) is 3. The van der Waals surface area contributed by atoms with Gasteiger partial charge in [0, 0.05) is 0 Å². The second-order valence-corrected chi connectivity index (χ2v) is 22.0. The number of carbonyl (C=O) groups is 3.